The van der Waals surface area contributed by atoms with Crippen LogP contribution in [0.5, 0.6) is 0 Å². The van der Waals surface area contributed by atoms with E-state index in [1.54, 1.807) is 19.2 Å². The van der Waals surface area contributed by atoms with Crippen molar-refractivity contribution in [3.63, 3.8) is 0 Å². The van der Waals surface area contributed by atoms with Gasteiger partial charge in [0.05, 0.1) is 5.56 Å². The van der Waals surface area contributed by atoms with Gasteiger partial charge < -0.3 is 4.74 Å². The van der Waals surface area contributed by atoms with Crippen molar-refractivity contribution < 1.29 is 13.5 Å². The highest BCUT2D eigenvalue weighted by atomic mass is 19.1. The number of halogens is 2. The Hall–Kier alpha value is -1.74. The largest absolute Gasteiger partial charge is 0.384 e. The molecule has 4 rings (SSSR count). The first-order valence-corrected chi connectivity index (χ1v) is 12.7. The standard InChI is InChI=1S/C29H38F2O/c1-3-4-20-5-9-22(10-6-20)23-13-15-25(16-14-23)29-27(30)17-26(18-28(29)31)24-11-7-21(8-12-24)19-32-2/h13-18,20-22,24H,3-12,19H2,1-2H3. The first-order valence-electron chi connectivity index (χ1n) is 12.7. The molecule has 2 saturated carbocycles. The maximum atomic E-state index is 15.1. The van der Waals surface area contributed by atoms with E-state index in [1.165, 1.54) is 44.1 Å². The third-order valence-electron chi connectivity index (χ3n) is 8.00. The molecule has 0 bridgehead atoms. The van der Waals surface area contributed by atoms with Crippen molar-refractivity contribution in [1.29, 1.82) is 0 Å². The molecule has 0 amide bonds. The normalized spacial score (nSPS) is 26.2. The van der Waals surface area contributed by atoms with Gasteiger partial charge in [-0.1, -0.05) is 44.0 Å². The van der Waals surface area contributed by atoms with Crippen molar-refractivity contribution in [2.45, 2.75) is 83.0 Å². The van der Waals surface area contributed by atoms with Crippen LogP contribution in [-0.4, -0.2) is 13.7 Å². The SMILES string of the molecule is CCCC1CCC(c2ccc(-c3c(F)cc(C4CCC(COC)CC4)cc3F)cc2)CC1. The summed E-state index contributed by atoms with van der Waals surface area (Å²) in [7, 11) is 1.74. The first-order chi connectivity index (χ1) is 15.6. The zero-order valence-corrected chi connectivity index (χ0v) is 19.7. The van der Waals surface area contributed by atoms with Crippen LogP contribution in [0.15, 0.2) is 36.4 Å². The van der Waals surface area contributed by atoms with Gasteiger partial charge in [-0.3, -0.25) is 0 Å². The summed E-state index contributed by atoms with van der Waals surface area (Å²) >= 11 is 0. The van der Waals surface area contributed by atoms with Crippen LogP contribution in [0.2, 0.25) is 0 Å². The summed E-state index contributed by atoms with van der Waals surface area (Å²) in [5.74, 6) is 1.41. The summed E-state index contributed by atoms with van der Waals surface area (Å²) in [5, 5.41) is 0. The number of rotatable bonds is 7. The number of hydrogen-bond donors (Lipinski definition) is 0. The Morgan fingerprint density at radius 2 is 1.28 bits per heavy atom. The van der Waals surface area contributed by atoms with Crippen LogP contribution in [0.3, 0.4) is 0 Å². The highest BCUT2D eigenvalue weighted by Crippen LogP contribution is 2.40. The minimum atomic E-state index is -0.438. The van der Waals surface area contributed by atoms with Gasteiger partial charge in [-0.15, -0.1) is 0 Å². The summed E-state index contributed by atoms with van der Waals surface area (Å²) in [6, 6.07) is 11.1. The van der Waals surface area contributed by atoms with E-state index in [2.05, 4.69) is 19.1 Å². The second kappa shape index (κ2) is 10.9. The van der Waals surface area contributed by atoms with E-state index in [1.807, 2.05) is 12.1 Å². The Bertz CT molecular complexity index is 836. The van der Waals surface area contributed by atoms with E-state index in [9.17, 15) is 0 Å². The Morgan fingerprint density at radius 3 is 1.81 bits per heavy atom. The quantitative estimate of drug-likeness (QED) is 0.419. The van der Waals surface area contributed by atoms with Gasteiger partial charge in [0.25, 0.3) is 0 Å². The zero-order chi connectivity index (χ0) is 22.5. The van der Waals surface area contributed by atoms with Crippen molar-refractivity contribution in [3.05, 3.63) is 59.2 Å². The van der Waals surface area contributed by atoms with Crippen LogP contribution in [0.25, 0.3) is 11.1 Å². The molecule has 0 unspecified atom stereocenters. The molecular formula is C29H38F2O. The average molecular weight is 441 g/mol. The van der Waals surface area contributed by atoms with Gasteiger partial charge in [0, 0.05) is 13.7 Å². The maximum absolute atomic E-state index is 15.1. The molecule has 0 radical (unpaired) electrons. The topological polar surface area (TPSA) is 9.23 Å². The van der Waals surface area contributed by atoms with Crippen molar-refractivity contribution in [2.75, 3.05) is 13.7 Å². The summed E-state index contributed by atoms with van der Waals surface area (Å²) in [6.07, 6.45) is 11.8. The van der Waals surface area contributed by atoms with Crippen molar-refractivity contribution >= 4 is 0 Å². The lowest BCUT2D eigenvalue weighted by Crippen LogP contribution is -2.17. The molecule has 0 heterocycles. The lowest BCUT2D eigenvalue weighted by Gasteiger charge is -2.29. The fraction of sp³-hybridized carbons (Fsp3) is 0.586. The Kier molecular flexibility index (Phi) is 7.99. The molecule has 0 saturated heterocycles. The second-order valence-electron chi connectivity index (χ2n) is 10.2. The molecule has 2 aliphatic rings. The van der Waals surface area contributed by atoms with Gasteiger partial charge in [0.1, 0.15) is 11.6 Å². The lowest BCUT2D eigenvalue weighted by atomic mass is 9.77. The highest BCUT2D eigenvalue weighted by Gasteiger charge is 2.25. The minimum Gasteiger partial charge on any atom is -0.384 e. The smallest absolute Gasteiger partial charge is 0.134 e. The predicted octanol–water partition coefficient (Wildman–Crippen LogP) is 8.63. The molecule has 0 N–H and O–H groups in total. The molecule has 2 aliphatic carbocycles. The molecule has 174 valence electrons. The van der Waals surface area contributed by atoms with Gasteiger partial charge in [-0.05, 0) is 104 Å². The lowest BCUT2D eigenvalue weighted by molar-refractivity contribution is 0.127. The van der Waals surface area contributed by atoms with Gasteiger partial charge in [-0.2, -0.15) is 0 Å². The minimum absolute atomic E-state index is 0.111. The third-order valence-corrected chi connectivity index (χ3v) is 8.00. The fourth-order valence-corrected chi connectivity index (χ4v) is 6.12. The third kappa shape index (κ3) is 5.42. The molecule has 32 heavy (non-hydrogen) atoms. The monoisotopic (exact) mass is 440 g/mol. The van der Waals surface area contributed by atoms with E-state index in [0.717, 1.165) is 43.8 Å². The van der Waals surface area contributed by atoms with Gasteiger partial charge in [0.2, 0.25) is 0 Å². The van der Waals surface area contributed by atoms with Crippen molar-refractivity contribution in [1.82, 2.24) is 0 Å². The molecular weight excluding hydrogens is 402 g/mol. The van der Waals surface area contributed by atoms with Crippen LogP contribution in [0.1, 0.15) is 94.1 Å². The van der Waals surface area contributed by atoms with Gasteiger partial charge in [0.15, 0.2) is 0 Å². The first kappa shape index (κ1) is 23.4. The number of ether oxygens (including phenoxy) is 1. The van der Waals surface area contributed by atoms with Crippen LogP contribution < -0.4 is 0 Å². The second-order valence-corrected chi connectivity index (χ2v) is 10.2. The predicted molar refractivity (Wildman–Crippen MR) is 128 cm³/mol. The molecule has 3 heteroatoms. The van der Waals surface area contributed by atoms with E-state index in [-0.39, 0.29) is 11.5 Å². The maximum Gasteiger partial charge on any atom is 0.134 e. The van der Waals surface area contributed by atoms with Crippen LogP contribution >= 0.6 is 0 Å². The number of benzene rings is 2. The summed E-state index contributed by atoms with van der Waals surface area (Å²) < 4.78 is 35.4. The molecule has 1 nitrogen and oxygen atoms in total. The van der Waals surface area contributed by atoms with Crippen LogP contribution in [-0.2, 0) is 4.74 Å². The molecule has 0 aromatic heterocycles. The molecule has 0 aliphatic heterocycles. The summed E-state index contributed by atoms with van der Waals surface area (Å²) in [5.41, 5.74) is 2.87. The summed E-state index contributed by atoms with van der Waals surface area (Å²) in [4.78, 5) is 0. The summed E-state index contributed by atoms with van der Waals surface area (Å²) in [6.45, 7) is 3.05. The van der Waals surface area contributed by atoms with Crippen molar-refractivity contribution in [2.24, 2.45) is 11.8 Å². The van der Waals surface area contributed by atoms with Crippen LogP contribution in [0, 0.1) is 23.5 Å². The molecule has 0 atom stereocenters. The fourth-order valence-electron chi connectivity index (χ4n) is 6.12. The Morgan fingerprint density at radius 1 is 0.750 bits per heavy atom. The van der Waals surface area contributed by atoms with E-state index in [4.69, 9.17) is 4.74 Å². The van der Waals surface area contributed by atoms with Crippen molar-refractivity contribution in [3.8, 4) is 11.1 Å². The zero-order valence-electron chi connectivity index (χ0n) is 19.7. The van der Waals surface area contributed by atoms with E-state index >= 15 is 8.78 Å². The van der Waals surface area contributed by atoms with Gasteiger partial charge >= 0.3 is 0 Å². The molecule has 0 spiro atoms. The molecule has 2 fully saturated rings. The number of methoxy groups -OCH3 is 1. The molecule has 2 aromatic carbocycles. The van der Waals surface area contributed by atoms with Crippen LogP contribution in [0.4, 0.5) is 8.78 Å². The number of hydrogen-bond acceptors (Lipinski definition) is 1. The highest BCUT2D eigenvalue weighted by molar-refractivity contribution is 5.66. The van der Waals surface area contributed by atoms with E-state index < -0.39 is 11.6 Å². The van der Waals surface area contributed by atoms with Gasteiger partial charge in [-0.25, -0.2) is 8.78 Å². The van der Waals surface area contributed by atoms with E-state index in [0.29, 0.717) is 17.4 Å². The average Bonchev–Trinajstić information content (AvgIpc) is 2.81. The molecule has 2 aromatic rings. The Balaban J connectivity index is 1.44. The Labute approximate surface area is 192 Å².